The average molecular weight is 346 g/mol. The van der Waals surface area contributed by atoms with Crippen LogP contribution in [0.3, 0.4) is 0 Å². The number of aliphatic hydroxyl groups excluding tert-OH is 2. The van der Waals surface area contributed by atoms with Crippen molar-refractivity contribution in [2.45, 2.75) is 64.8 Å². The zero-order chi connectivity index (χ0) is 18.0. The van der Waals surface area contributed by atoms with Gasteiger partial charge in [0.05, 0.1) is 12.2 Å². The molecule has 0 bridgehead atoms. The number of carbonyl (C=O) groups is 1. The van der Waals surface area contributed by atoms with Gasteiger partial charge in [0.2, 0.25) is 0 Å². The largest absolute Gasteiger partial charge is 0.462 e. The number of rotatable bonds is 1. The molecule has 4 aliphatic carbocycles. The minimum atomic E-state index is -0.411. The molecule has 2 saturated carbocycles. The Morgan fingerprint density at radius 1 is 1.16 bits per heavy atom. The van der Waals surface area contributed by atoms with Crippen LogP contribution in [0, 0.1) is 34.5 Å². The number of allylic oxidation sites excluding steroid dienone is 2. The Bertz CT molecular complexity index is 625. The molecular formula is C21H30O4. The van der Waals surface area contributed by atoms with Crippen molar-refractivity contribution in [2.24, 2.45) is 34.5 Å². The van der Waals surface area contributed by atoms with Crippen molar-refractivity contribution in [3.8, 4) is 0 Å². The van der Waals surface area contributed by atoms with Gasteiger partial charge in [-0.05, 0) is 48.9 Å². The fourth-order valence-electron chi connectivity index (χ4n) is 6.50. The van der Waals surface area contributed by atoms with Crippen molar-refractivity contribution >= 4 is 5.97 Å². The zero-order valence-corrected chi connectivity index (χ0v) is 15.4. The lowest BCUT2D eigenvalue weighted by Crippen LogP contribution is -2.58. The van der Waals surface area contributed by atoms with Gasteiger partial charge in [0.1, 0.15) is 6.10 Å². The predicted molar refractivity (Wildman–Crippen MR) is 94.5 cm³/mol. The summed E-state index contributed by atoms with van der Waals surface area (Å²) in [6, 6.07) is 0. The van der Waals surface area contributed by atoms with Crippen LogP contribution in [0.15, 0.2) is 24.3 Å². The Morgan fingerprint density at radius 2 is 1.92 bits per heavy atom. The second-order valence-electron chi connectivity index (χ2n) is 9.19. The van der Waals surface area contributed by atoms with E-state index in [1.807, 2.05) is 12.2 Å². The van der Waals surface area contributed by atoms with Crippen LogP contribution in [0.4, 0.5) is 0 Å². The maximum absolute atomic E-state index is 11.8. The highest BCUT2D eigenvalue weighted by molar-refractivity contribution is 5.66. The van der Waals surface area contributed by atoms with Crippen molar-refractivity contribution in [2.75, 3.05) is 0 Å². The molecule has 2 unspecified atom stereocenters. The summed E-state index contributed by atoms with van der Waals surface area (Å²) < 4.78 is 5.82. The minimum absolute atomic E-state index is 0.0310. The molecule has 4 aliphatic rings. The number of fused-ring (bicyclic) bond motifs is 5. The van der Waals surface area contributed by atoms with E-state index < -0.39 is 12.2 Å². The van der Waals surface area contributed by atoms with Gasteiger partial charge in [-0.3, -0.25) is 4.79 Å². The molecule has 4 nitrogen and oxygen atoms in total. The van der Waals surface area contributed by atoms with Crippen LogP contribution >= 0.6 is 0 Å². The first kappa shape index (κ1) is 17.3. The monoisotopic (exact) mass is 346 g/mol. The van der Waals surface area contributed by atoms with E-state index in [0.717, 1.165) is 25.7 Å². The number of aliphatic hydroxyl groups is 2. The third-order valence-electron chi connectivity index (χ3n) is 7.96. The summed E-state index contributed by atoms with van der Waals surface area (Å²) in [5, 5.41) is 20.6. The molecule has 0 aliphatic heterocycles. The van der Waals surface area contributed by atoms with Crippen LogP contribution < -0.4 is 0 Å². The quantitative estimate of drug-likeness (QED) is 0.566. The molecule has 0 saturated heterocycles. The highest BCUT2D eigenvalue weighted by Crippen LogP contribution is 2.64. The molecule has 4 rings (SSSR count). The van der Waals surface area contributed by atoms with Gasteiger partial charge >= 0.3 is 5.97 Å². The molecule has 25 heavy (non-hydrogen) atoms. The van der Waals surface area contributed by atoms with E-state index in [9.17, 15) is 15.0 Å². The number of hydrogen-bond donors (Lipinski definition) is 2. The molecule has 138 valence electrons. The molecule has 2 fully saturated rings. The Hall–Kier alpha value is -1.13. The summed E-state index contributed by atoms with van der Waals surface area (Å²) in [7, 11) is 0. The molecule has 4 heteroatoms. The van der Waals surface area contributed by atoms with Gasteiger partial charge in [-0.2, -0.15) is 0 Å². The molecule has 0 aromatic rings. The van der Waals surface area contributed by atoms with Crippen molar-refractivity contribution in [3.63, 3.8) is 0 Å². The molecule has 0 spiro atoms. The van der Waals surface area contributed by atoms with Crippen molar-refractivity contribution in [1.82, 2.24) is 0 Å². The number of hydrogen-bond acceptors (Lipinski definition) is 4. The van der Waals surface area contributed by atoms with Crippen molar-refractivity contribution < 1.29 is 19.7 Å². The van der Waals surface area contributed by atoms with Gasteiger partial charge in [0.25, 0.3) is 0 Å². The van der Waals surface area contributed by atoms with Gasteiger partial charge in [-0.1, -0.05) is 38.2 Å². The second-order valence-corrected chi connectivity index (χ2v) is 9.19. The summed E-state index contributed by atoms with van der Waals surface area (Å²) in [4.78, 5) is 11.8. The Labute approximate surface area is 149 Å². The Balaban J connectivity index is 1.75. The van der Waals surface area contributed by atoms with Gasteiger partial charge in [0, 0.05) is 18.3 Å². The fraction of sp³-hybridized carbons (Fsp3) is 0.762. The summed E-state index contributed by atoms with van der Waals surface area (Å²) in [6.45, 7) is 5.98. The van der Waals surface area contributed by atoms with E-state index in [1.54, 1.807) is 0 Å². The van der Waals surface area contributed by atoms with Gasteiger partial charge in [-0.15, -0.1) is 0 Å². The summed E-state index contributed by atoms with van der Waals surface area (Å²) in [5.74, 6) is 0.986. The molecule has 0 radical (unpaired) electrons. The summed E-state index contributed by atoms with van der Waals surface area (Å²) in [6.07, 6.45) is 10.9. The standard InChI is InChI=1S/C21H30O4/c1-12(22)25-17-11-13-10-14(23)6-8-20(13,2)16-7-9-21(3)15(19(16)17)4-5-18(21)24/h4-6,8,13-19,23-24H,7,9-11H2,1-3H3/t13?,14?,15-,16-,17-,18-,19-,20-,21-/m0/s1. The van der Waals surface area contributed by atoms with Crippen LogP contribution in [0.1, 0.15) is 46.5 Å². The Kier molecular flexibility index (Phi) is 3.93. The molecule has 0 amide bonds. The number of carbonyl (C=O) groups excluding carboxylic acids is 1. The topological polar surface area (TPSA) is 66.8 Å². The maximum atomic E-state index is 11.8. The molecule has 2 N–H and O–H groups in total. The molecular weight excluding hydrogens is 316 g/mol. The highest BCUT2D eigenvalue weighted by atomic mass is 16.5. The van der Waals surface area contributed by atoms with Gasteiger partial charge < -0.3 is 14.9 Å². The van der Waals surface area contributed by atoms with E-state index in [1.165, 1.54) is 6.92 Å². The SMILES string of the molecule is CC(=O)O[C@H]1CC2CC(O)C=C[C@]2(C)[C@H]2CC[C@]3(C)[C@@H](O)C=C[C@H]3[C@H]12. The molecule has 9 atom stereocenters. The van der Waals surface area contributed by atoms with Crippen molar-refractivity contribution in [1.29, 1.82) is 0 Å². The third-order valence-corrected chi connectivity index (χ3v) is 7.96. The van der Waals surface area contributed by atoms with Gasteiger partial charge in [-0.25, -0.2) is 0 Å². The smallest absolute Gasteiger partial charge is 0.302 e. The average Bonchev–Trinajstić information content (AvgIpc) is 2.84. The number of ether oxygens (including phenoxy) is 1. The lowest BCUT2D eigenvalue weighted by molar-refractivity contribution is -0.178. The van der Waals surface area contributed by atoms with Crippen LogP contribution in [0.2, 0.25) is 0 Å². The lowest BCUT2D eigenvalue weighted by Gasteiger charge is -2.60. The first-order valence-corrected chi connectivity index (χ1v) is 9.67. The first-order valence-electron chi connectivity index (χ1n) is 9.67. The summed E-state index contributed by atoms with van der Waals surface area (Å²) >= 11 is 0. The summed E-state index contributed by atoms with van der Waals surface area (Å²) in [5.41, 5.74) is -0.121. The number of esters is 1. The van der Waals surface area contributed by atoms with Crippen LogP contribution in [0.25, 0.3) is 0 Å². The molecule has 0 aromatic carbocycles. The van der Waals surface area contributed by atoms with E-state index >= 15 is 0 Å². The first-order chi connectivity index (χ1) is 11.8. The zero-order valence-electron chi connectivity index (χ0n) is 15.4. The van der Waals surface area contributed by atoms with E-state index in [2.05, 4.69) is 26.0 Å². The molecule has 0 aromatic heterocycles. The van der Waals surface area contributed by atoms with Crippen LogP contribution in [0.5, 0.6) is 0 Å². The van der Waals surface area contributed by atoms with Crippen LogP contribution in [-0.2, 0) is 9.53 Å². The van der Waals surface area contributed by atoms with Crippen LogP contribution in [-0.4, -0.2) is 34.5 Å². The van der Waals surface area contributed by atoms with E-state index in [4.69, 9.17) is 4.74 Å². The van der Waals surface area contributed by atoms with E-state index in [-0.39, 0.29) is 34.7 Å². The second kappa shape index (κ2) is 5.68. The third kappa shape index (κ3) is 2.44. The predicted octanol–water partition coefficient (Wildman–Crippen LogP) is 2.84. The fourth-order valence-corrected chi connectivity index (χ4v) is 6.50. The molecule has 0 heterocycles. The Morgan fingerprint density at radius 3 is 2.64 bits per heavy atom. The normalized spacial score (nSPS) is 53.7. The lowest BCUT2D eigenvalue weighted by atomic mass is 9.45. The van der Waals surface area contributed by atoms with Crippen molar-refractivity contribution in [3.05, 3.63) is 24.3 Å². The maximum Gasteiger partial charge on any atom is 0.302 e. The van der Waals surface area contributed by atoms with E-state index in [0.29, 0.717) is 11.8 Å². The highest BCUT2D eigenvalue weighted by Gasteiger charge is 2.61. The van der Waals surface area contributed by atoms with Gasteiger partial charge in [0.15, 0.2) is 0 Å². The minimum Gasteiger partial charge on any atom is -0.462 e.